The van der Waals surface area contributed by atoms with Crippen LogP contribution in [0.2, 0.25) is 0 Å². The fourth-order valence-corrected chi connectivity index (χ4v) is 6.97. The quantitative estimate of drug-likeness (QED) is 0.0390. The van der Waals surface area contributed by atoms with E-state index in [0.717, 1.165) is 36.4 Å². The van der Waals surface area contributed by atoms with Crippen LogP contribution >= 0.6 is 0 Å². The second-order valence-electron chi connectivity index (χ2n) is 10.8. The molecule has 0 radical (unpaired) electrons. The highest BCUT2D eigenvalue weighted by molar-refractivity contribution is 7.89. The van der Waals surface area contributed by atoms with E-state index in [-0.39, 0.29) is 27.9 Å². The van der Waals surface area contributed by atoms with E-state index in [1.165, 1.54) is 31.4 Å². The first-order valence-corrected chi connectivity index (χ1v) is 20.4. The molecule has 0 aliphatic rings. The van der Waals surface area contributed by atoms with Gasteiger partial charge in [-0.2, -0.15) is 52.1 Å². The van der Waals surface area contributed by atoms with Crippen molar-refractivity contribution in [3.63, 3.8) is 0 Å². The van der Waals surface area contributed by atoms with Gasteiger partial charge in [-0.05, 0) is 53.9 Å². The molecule has 0 spiro atoms. The second kappa shape index (κ2) is 17.1. The van der Waals surface area contributed by atoms with Crippen molar-refractivity contribution in [2.45, 2.75) is 14.7 Å². The molecule has 1 aromatic heterocycles. The van der Waals surface area contributed by atoms with Gasteiger partial charge in [0, 0.05) is 5.39 Å². The summed E-state index contributed by atoms with van der Waals surface area (Å²) in [6, 6.07) is 10.2. The third-order valence-corrected chi connectivity index (χ3v) is 10.6. The fourth-order valence-electron chi connectivity index (χ4n) is 4.77. The summed E-state index contributed by atoms with van der Waals surface area (Å²) in [4.78, 5) is 21.7. The van der Waals surface area contributed by atoms with Gasteiger partial charge >= 0.3 is 32.2 Å². The molecule has 0 fully saturated rings. The minimum absolute atomic E-state index is 0.0138. The lowest BCUT2D eigenvalue weighted by atomic mass is 10.1. The number of sulfonamides is 1. The lowest BCUT2D eigenvalue weighted by Gasteiger charge is -2.17. The number of phenols is 1. The number of fused-ring (bicyclic) bond motifs is 1. The van der Waals surface area contributed by atoms with Crippen molar-refractivity contribution in [1.29, 1.82) is 0 Å². The van der Waals surface area contributed by atoms with Crippen LogP contribution in [0.3, 0.4) is 0 Å². The van der Waals surface area contributed by atoms with Crippen LogP contribution in [0.15, 0.2) is 85.6 Å². The molecule has 5 rings (SSSR count). The molecule has 10 N–H and O–H groups in total. The highest BCUT2D eigenvalue weighted by Gasteiger charge is 2.25. The minimum atomic E-state index is -4.78. The number of hydrogen-bond donors (Lipinski definition) is 7. The number of ether oxygens (including phenoxy) is 2. The molecular weight excluding hydrogens is 861 g/mol. The molecule has 1 atom stereocenters. The highest BCUT2D eigenvalue weighted by atomic mass is 32.2. The standard InChI is InChI=1S/C28H26N10O16S4/c1-50-19-7-6-14(57(46,47)53-29)10-17(19)32-26-34-27(36-28(35-26)51-12-22(39)40)33-18-11-15(58(48,49)54-30)8-13-9-20(52-55(42)43)24(25(41)23(13)18)38-37-16-4-2-3-5-21(16)56(31,44)45/h2-11,41H,12,29-30H2,1H3,(H,39,40)(H,42,43)(H2,31,44,45)(H2,32,33,34,35,36)/p-1. The molecule has 0 amide bonds. The number of aliphatic carboxylic acids is 1. The van der Waals surface area contributed by atoms with Crippen LogP contribution < -0.4 is 41.2 Å². The van der Waals surface area contributed by atoms with Gasteiger partial charge in [0.05, 0.1) is 28.3 Å². The van der Waals surface area contributed by atoms with E-state index >= 15 is 0 Å². The van der Waals surface area contributed by atoms with Crippen LogP contribution in [-0.4, -0.2) is 78.9 Å². The Balaban J connectivity index is 1.74. The van der Waals surface area contributed by atoms with Gasteiger partial charge in [-0.3, -0.25) is 0 Å². The van der Waals surface area contributed by atoms with Crippen molar-refractivity contribution in [2.24, 2.45) is 27.2 Å². The average molecular weight is 886 g/mol. The van der Waals surface area contributed by atoms with Crippen molar-refractivity contribution in [3.8, 4) is 23.3 Å². The van der Waals surface area contributed by atoms with E-state index in [2.05, 4.69) is 44.4 Å². The fraction of sp³-hybridized carbons (Fsp3) is 0.0714. The molecule has 4 aromatic carbocycles. The Morgan fingerprint density at radius 1 is 0.862 bits per heavy atom. The number of azo groups is 1. The molecule has 0 saturated heterocycles. The molecule has 30 heteroatoms. The molecule has 0 aliphatic heterocycles. The number of aromatic nitrogens is 3. The molecule has 0 saturated carbocycles. The summed E-state index contributed by atoms with van der Waals surface area (Å²) in [7, 11) is -12.4. The maximum atomic E-state index is 12.8. The van der Waals surface area contributed by atoms with Crippen LogP contribution in [-0.2, 0) is 55.0 Å². The predicted molar refractivity (Wildman–Crippen MR) is 195 cm³/mol. The number of carboxylic acids is 1. The summed E-state index contributed by atoms with van der Waals surface area (Å²) in [5.74, 6) is 5.66. The number of nitrogens with two attached hydrogens (primary N) is 3. The third-order valence-electron chi connectivity index (χ3n) is 7.15. The van der Waals surface area contributed by atoms with E-state index in [0.29, 0.717) is 0 Å². The SMILES string of the molecule is COc1ccc(S(=O)(=O)ON)cc1Nc1nc(Nc2cc(S(=O)(=O)ON)cc3cc(OS(=O)[O-])c(N=Nc4ccccc4S(N)(=O)=O)c(O)c23)nc(OCC(=O)O)n1. The van der Waals surface area contributed by atoms with Crippen LogP contribution in [0.4, 0.5) is 34.6 Å². The number of methoxy groups -OCH3 is 1. The first-order chi connectivity index (χ1) is 27.3. The second-order valence-corrected chi connectivity index (χ2v) is 16.1. The van der Waals surface area contributed by atoms with Gasteiger partial charge in [-0.15, -0.1) is 10.2 Å². The number of nitrogens with one attached hydrogen (secondary N) is 2. The first-order valence-electron chi connectivity index (χ1n) is 15.0. The number of rotatable bonds is 17. The molecule has 308 valence electrons. The maximum absolute atomic E-state index is 12.8. The Kier molecular flexibility index (Phi) is 12.7. The van der Waals surface area contributed by atoms with Crippen LogP contribution in [0.5, 0.6) is 23.3 Å². The number of carboxylic acid groups (broad SMARTS) is 1. The molecule has 1 unspecified atom stereocenters. The zero-order valence-electron chi connectivity index (χ0n) is 28.7. The number of phenolic OH excluding ortho intramolecular Hbond substituents is 1. The van der Waals surface area contributed by atoms with Crippen LogP contribution in [0, 0.1) is 0 Å². The van der Waals surface area contributed by atoms with E-state index < -0.39 is 110 Å². The normalized spacial score (nSPS) is 12.6. The molecule has 0 bridgehead atoms. The Labute approximate surface area is 328 Å². The van der Waals surface area contributed by atoms with Crippen molar-refractivity contribution < 1.29 is 71.2 Å². The molecule has 58 heavy (non-hydrogen) atoms. The van der Waals surface area contributed by atoms with Gasteiger partial charge in [-0.25, -0.2) is 22.6 Å². The predicted octanol–water partition coefficient (Wildman–Crippen LogP) is 1.08. The summed E-state index contributed by atoms with van der Waals surface area (Å²) in [6.07, 6.45) is 0. The van der Waals surface area contributed by atoms with Crippen molar-refractivity contribution in [3.05, 3.63) is 60.7 Å². The summed E-state index contributed by atoms with van der Waals surface area (Å²) >= 11 is -3.35. The van der Waals surface area contributed by atoms with Crippen molar-refractivity contribution in [2.75, 3.05) is 24.4 Å². The topological polar surface area (TPSA) is 412 Å². The van der Waals surface area contributed by atoms with Gasteiger partial charge < -0.3 is 39.1 Å². The summed E-state index contributed by atoms with van der Waals surface area (Å²) in [6.45, 7) is -0.994. The Morgan fingerprint density at radius 3 is 2.09 bits per heavy atom. The summed E-state index contributed by atoms with van der Waals surface area (Å²) in [5.41, 5.74) is -1.66. The number of nitrogens with zero attached hydrogens (tertiary/aromatic N) is 5. The average Bonchev–Trinajstić information content (AvgIpc) is 3.16. The lowest BCUT2D eigenvalue weighted by Crippen LogP contribution is -2.14. The summed E-state index contributed by atoms with van der Waals surface area (Å²) < 4.78 is 121. The monoisotopic (exact) mass is 885 g/mol. The number of carbonyl (C=O) groups is 1. The molecule has 26 nitrogen and oxygen atoms in total. The van der Waals surface area contributed by atoms with Gasteiger partial charge in [0.15, 0.2) is 23.8 Å². The van der Waals surface area contributed by atoms with E-state index in [4.69, 9.17) is 30.6 Å². The zero-order chi connectivity index (χ0) is 42.6. The minimum Gasteiger partial charge on any atom is -0.740 e. The zero-order valence-corrected chi connectivity index (χ0v) is 32.0. The van der Waals surface area contributed by atoms with E-state index in [1.807, 2.05) is 0 Å². The van der Waals surface area contributed by atoms with Crippen LogP contribution in [0.25, 0.3) is 10.8 Å². The van der Waals surface area contributed by atoms with Gasteiger partial charge in [0.25, 0.3) is 0 Å². The molecule has 1 heterocycles. The number of aromatic hydroxyl groups is 1. The Bertz CT molecular complexity index is 2830. The number of hydrogen-bond acceptors (Lipinski definition) is 24. The Morgan fingerprint density at radius 2 is 1.48 bits per heavy atom. The number of primary sulfonamides is 1. The number of anilines is 4. The smallest absolute Gasteiger partial charge is 0.341 e. The van der Waals surface area contributed by atoms with Gasteiger partial charge in [-0.1, -0.05) is 12.1 Å². The van der Waals surface area contributed by atoms with E-state index in [1.54, 1.807) is 0 Å². The van der Waals surface area contributed by atoms with Crippen LogP contribution in [0.1, 0.15) is 0 Å². The van der Waals surface area contributed by atoms with Gasteiger partial charge in [0.2, 0.25) is 21.9 Å². The number of benzene rings is 4. The molecule has 0 aliphatic carbocycles. The highest BCUT2D eigenvalue weighted by Crippen LogP contribution is 2.48. The largest absolute Gasteiger partial charge is 0.740 e. The van der Waals surface area contributed by atoms with Crippen molar-refractivity contribution >= 4 is 93.0 Å². The first kappa shape index (κ1) is 42.9. The van der Waals surface area contributed by atoms with Crippen molar-refractivity contribution in [1.82, 2.24) is 15.0 Å². The van der Waals surface area contributed by atoms with E-state index in [9.17, 15) is 49.0 Å². The molecule has 5 aromatic rings. The Hall–Kier alpha value is -6.22. The lowest BCUT2D eigenvalue weighted by molar-refractivity contribution is -0.139. The molecular formula is C28H25N10O16S4-. The third kappa shape index (κ3) is 9.83. The van der Waals surface area contributed by atoms with Gasteiger partial charge in [0.1, 0.15) is 27.7 Å². The maximum Gasteiger partial charge on any atom is 0.341 e. The summed E-state index contributed by atoms with van der Waals surface area (Å²) in [5, 5.41) is 38.3.